The molecule has 3 N–H and O–H groups in total. The predicted molar refractivity (Wildman–Crippen MR) is 79.3 cm³/mol. The Balaban J connectivity index is 2.46. The molecule has 6 heteroatoms. The minimum Gasteiger partial charge on any atom is -0.409 e. The van der Waals surface area contributed by atoms with Gasteiger partial charge in [-0.2, -0.15) is 0 Å². The maximum Gasteiger partial charge on any atom is 0.173 e. The molecule has 2 heterocycles. The van der Waals surface area contributed by atoms with Crippen LogP contribution in [0.25, 0.3) is 0 Å². The molecule has 20 heavy (non-hydrogen) atoms. The fraction of sp³-hybridized carbons (Fsp3) is 0.214. The van der Waals surface area contributed by atoms with Gasteiger partial charge in [-0.05, 0) is 61.9 Å². The van der Waals surface area contributed by atoms with Crippen LogP contribution in [0.4, 0.5) is 0 Å². The van der Waals surface area contributed by atoms with Crippen molar-refractivity contribution in [2.75, 3.05) is 0 Å². The Morgan fingerprint density at radius 1 is 1.30 bits per heavy atom. The zero-order chi connectivity index (χ0) is 14.7. The summed E-state index contributed by atoms with van der Waals surface area (Å²) in [5, 5.41) is 13.5. The van der Waals surface area contributed by atoms with Crippen molar-refractivity contribution in [3.8, 4) is 0 Å². The zero-order valence-electron chi connectivity index (χ0n) is 11.6. The van der Waals surface area contributed by atoms with E-state index in [9.17, 15) is 0 Å². The molecule has 0 aromatic carbocycles. The zero-order valence-corrected chi connectivity index (χ0v) is 12.4. The van der Waals surface area contributed by atoms with E-state index in [1.807, 2.05) is 39.0 Å². The summed E-state index contributed by atoms with van der Waals surface area (Å²) in [5.74, 6) is 0.0578. The SMILES string of the molecule is Cc1cc(C)nc(Sc2nccc(C)c2/C(N)=N/O)c1. The maximum absolute atomic E-state index is 8.90. The molecule has 104 valence electrons. The van der Waals surface area contributed by atoms with Crippen LogP contribution in [-0.2, 0) is 0 Å². The highest BCUT2D eigenvalue weighted by atomic mass is 32.2. The summed E-state index contributed by atoms with van der Waals surface area (Å²) in [6.07, 6.45) is 1.70. The van der Waals surface area contributed by atoms with Gasteiger partial charge in [-0.25, -0.2) is 9.97 Å². The van der Waals surface area contributed by atoms with E-state index < -0.39 is 0 Å². The van der Waals surface area contributed by atoms with Gasteiger partial charge in [0.2, 0.25) is 0 Å². The third-order valence-corrected chi connectivity index (χ3v) is 3.69. The van der Waals surface area contributed by atoms with E-state index in [2.05, 4.69) is 15.1 Å². The van der Waals surface area contributed by atoms with E-state index in [1.165, 1.54) is 11.8 Å². The highest BCUT2D eigenvalue weighted by Crippen LogP contribution is 2.29. The van der Waals surface area contributed by atoms with Crippen molar-refractivity contribution in [2.45, 2.75) is 30.8 Å². The fourth-order valence-electron chi connectivity index (χ4n) is 1.93. The van der Waals surface area contributed by atoms with Crippen LogP contribution in [0.5, 0.6) is 0 Å². The summed E-state index contributed by atoms with van der Waals surface area (Å²) in [6.45, 7) is 5.87. The number of hydrogen-bond donors (Lipinski definition) is 2. The van der Waals surface area contributed by atoms with E-state index in [4.69, 9.17) is 10.9 Å². The minimum absolute atomic E-state index is 0.0578. The Kier molecular flexibility index (Phi) is 4.24. The summed E-state index contributed by atoms with van der Waals surface area (Å²) < 4.78 is 0. The molecule has 2 aromatic rings. The lowest BCUT2D eigenvalue weighted by Gasteiger charge is -2.10. The maximum atomic E-state index is 8.90. The van der Waals surface area contributed by atoms with Crippen LogP contribution in [0.15, 0.2) is 39.6 Å². The van der Waals surface area contributed by atoms with Gasteiger partial charge in [0.25, 0.3) is 0 Å². The Labute approximate surface area is 121 Å². The van der Waals surface area contributed by atoms with Crippen molar-refractivity contribution in [3.05, 3.63) is 46.8 Å². The lowest BCUT2D eigenvalue weighted by Crippen LogP contribution is -2.16. The third kappa shape index (κ3) is 3.08. The summed E-state index contributed by atoms with van der Waals surface area (Å²) in [4.78, 5) is 8.78. The van der Waals surface area contributed by atoms with Gasteiger partial charge in [0.05, 0.1) is 5.56 Å². The molecule has 2 rings (SSSR count). The average Bonchev–Trinajstić information content (AvgIpc) is 2.37. The lowest BCUT2D eigenvalue weighted by molar-refractivity contribution is 0.318. The number of hydrogen-bond acceptors (Lipinski definition) is 5. The topological polar surface area (TPSA) is 84.4 Å². The number of pyridine rings is 2. The summed E-state index contributed by atoms with van der Waals surface area (Å²) >= 11 is 1.41. The second kappa shape index (κ2) is 5.92. The molecular weight excluding hydrogens is 272 g/mol. The molecule has 5 nitrogen and oxygen atoms in total. The van der Waals surface area contributed by atoms with Crippen molar-refractivity contribution in [3.63, 3.8) is 0 Å². The van der Waals surface area contributed by atoms with E-state index >= 15 is 0 Å². The first-order valence-electron chi connectivity index (χ1n) is 6.08. The molecule has 0 aliphatic carbocycles. The number of aryl methyl sites for hydroxylation is 3. The van der Waals surface area contributed by atoms with E-state index in [0.717, 1.165) is 21.8 Å². The molecule has 0 amide bonds. The van der Waals surface area contributed by atoms with Crippen molar-refractivity contribution in [1.29, 1.82) is 0 Å². The highest BCUT2D eigenvalue weighted by molar-refractivity contribution is 7.99. The van der Waals surface area contributed by atoms with E-state index in [-0.39, 0.29) is 5.84 Å². The highest BCUT2D eigenvalue weighted by Gasteiger charge is 2.14. The second-order valence-corrected chi connectivity index (χ2v) is 5.53. The van der Waals surface area contributed by atoms with Gasteiger partial charge >= 0.3 is 0 Å². The quantitative estimate of drug-likeness (QED) is 0.392. The Hall–Kier alpha value is -2.08. The lowest BCUT2D eigenvalue weighted by atomic mass is 10.1. The molecule has 0 aliphatic rings. The Bertz CT molecular complexity index is 650. The number of nitrogens with two attached hydrogens (primary N) is 1. The van der Waals surface area contributed by atoms with Crippen molar-refractivity contribution < 1.29 is 5.21 Å². The van der Waals surface area contributed by atoms with Crippen LogP contribution in [-0.4, -0.2) is 21.0 Å². The number of aromatic nitrogens is 2. The predicted octanol–water partition coefficient (Wildman–Crippen LogP) is 2.65. The van der Waals surface area contributed by atoms with Gasteiger partial charge in [0, 0.05) is 11.9 Å². The Morgan fingerprint density at radius 3 is 2.70 bits per heavy atom. The molecule has 0 saturated heterocycles. The first-order chi connectivity index (χ1) is 9.51. The van der Waals surface area contributed by atoms with Gasteiger partial charge in [-0.1, -0.05) is 5.16 Å². The van der Waals surface area contributed by atoms with Crippen LogP contribution in [0.2, 0.25) is 0 Å². The van der Waals surface area contributed by atoms with Crippen LogP contribution in [0.1, 0.15) is 22.4 Å². The minimum atomic E-state index is 0.0578. The van der Waals surface area contributed by atoms with Crippen LogP contribution < -0.4 is 5.73 Å². The normalized spacial score (nSPS) is 11.7. The first-order valence-corrected chi connectivity index (χ1v) is 6.89. The Morgan fingerprint density at radius 2 is 2.05 bits per heavy atom. The standard InChI is InChI=1S/C14H16N4OS/c1-8-6-10(3)17-11(7-8)20-14-12(13(15)18-19)9(2)4-5-16-14/h4-7,19H,1-3H3,(H2,15,18). The number of rotatable bonds is 3. The fourth-order valence-corrected chi connectivity index (χ4v) is 3.04. The van der Waals surface area contributed by atoms with Gasteiger partial charge in [0.1, 0.15) is 10.1 Å². The van der Waals surface area contributed by atoms with Gasteiger partial charge < -0.3 is 10.9 Å². The van der Waals surface area contributed by atoms with Crippen molar-refractivity contribution >= 4 is 17.6 Å². The molecule has 0 unspecified atom stereocenters. The van der Waals surface area contributed by atoms with Crippen LogP contribution >= 0.6 is 11.8 Å². The van der Waals surface area contributed by atoms with Gasteiger partial charge in [-0.15, -0.1) is 0 Å². The molecule has 0 saturated carbocycles. The summed E-state index contributed by atoms with van der Waals surface area (Å²) in [6, 6.07) is 5.82. The average molecular weight is 288 g/mol. The first kappa shape index (κ1) is 14.3. The molecule has 0 bridgehead atoms. The smallest absolute Gasteiger partial charge is 0.173 e. The van der Waals surface area contributed by atoms with Crippen molar-refractivity contribution in [1.82, 2.24) is 9.97 Å². The molecule has 2 aromatic heterocycles. The molecular formula is C14H16N4OS. The van der Waals surface area contributed by atoms with Gasteiger partial charge in [-0.3, -0.25) is 0 Å². The molecule has 0 radical (unpaired) electrons. The van der Waals surface area contributed by atoms with Crippen LogP contribution in [0, 0.1) is 20.8 Å². The molecule has 0 aliphatic heterocycles. The van der Waals surface area contributed by atoms with Gasteiger partial charge in [0.15, 0.2) is 5.84 Å². The monoisotopic (exact) mass is 288 g/mol. The largest absolute Gasteiger partial charge is 0.409 e. The number of nitrogens with zero attached hydrogens (tertiary/aromatic N) is 3. The van der Waals surface area contributed by atoms with E-state index in [1.54, 1.807) is 6.20 Å². The van der Waals surface area contributed by atoms with E-state index in [0.29, 0.717) is 10.6 Å². The third-order valence-electron chi connectivity index (χ3n) is 2.76. The van der Waals surface area contributed by atoms with Crippen LogP contribution in [0.3, 0.4) is 0 Å². The molecule has 0 fully saturated rings. The number of oxime groups is 1. The second-order valence-electron chi connectivity index (χ2n) is 4.52. The summed E-state index contributed by atoms with van der Waals surface area (Å²) in [5.41, 5.74) is 9.37. The summed E-state index contributed by atoms with van der Waals surface area (Å²) in [7, 11) is 0. The number of amidine groups is 1. The molecule has 0 atom stereocenters. The molecule has 0 spiro atoms. The van der Waals surface area contributed by atoms with Crippen molar-refractivity contribution in [2.24, 2.45) is 10.9 Å².